The van der Waals surface area contributed by atoms with Crippen LogP contribution in [-0.4, -0.2) is 11.1 Å². The number of fused-ring (bicyclic) bond motifs is 1. The summed E-state index contributed by atoms with van der Waals surface area (Å²) in [4.78, 5) is 12.5. The summed E-state index contributed by atoms with van der Waals surface area (Å²) in [6.07, 6.45) is 3.12. The molecule has 2 nitrogen and oxygen atoms in total. The summed E-state index contributed by atoms with van der Waals surface area (Å²) in [5, 5.41) is 8.80. The first-order chi connectivity index (χ1) is 6.16. The molecule has 1 aromatic rings. The molecule has 0 spiro atoms. The molecule has 1 N–H and O–H groups in total. The first kappa shape index (κ1) is 14.9. The van der Waals surface area contributed by atoms with Crippen LogP contribution in [0.5, 0.6) is 0 Å². The summed E-state index contributed by atoms with van der Waals surface area (Å²) >= 11 is 1.43. The van der Waals surface area contributed by atoms with Crippen molar-refractivity contribution >= 4 is 17.3 Å². The molecule has 0 saturated heterocycles. The van der Waals surface area contributed by atoms with Gasteiger partial charge in [0.05, 0.1) is 0 Å². The van der Waals surface area contributed by atoms with Crippen molar-refractivity contribution < 1.29 is 32.3 Å². The second-order valence-electron chi connectivity index (χ2n) is 3.50. The molecule has 0 aliphatic heterocycles. The Morgan fingerprint density at radius 3 is 2.87 bits per heavy atom. The van der Waals surface area contributed by atoms with Gasteiger partial charge in [0.15, 0.2) is 0 Å². The van der Waals surface area contributed by atoms with E-state index >= 15 is 0 Å². The van der Waals surface area contributed by atoms with Gasteiger partial charge in [-0.15, -0.1) is 11.3 Å². The Balaban J connectivity index is 0.000000980. The van der Waals surface area contributed by atoms with Crippen LogP contribution in [0.25, 0.3) is 0 Å². The third-order valence-corrected chi connectivity index (χ3v) is 3.60. The van der Waals surface area contributed by atoms with Crippen LogP contribution in [0.1, 0.15) is 33.5 Å². The van der Waals surface area contributed by atoms with Gasteiger partial charge >= 0.3 is 28.3 Å². The maximum absolute atomic E-state index is 10.7. The molecule has 4 heteroatoms. The first-order valence-corrected chi connectivity index (χ1v) is 5.14. The summed E-state index contributed by atoms with van der Waals surface area (Å²) in [6.45, 7) is 2.14. The molecule has 1 radical (unpaired) electrons. The summed E-state index contributed by atoms with van der Waals surface area (Å²) in [7, 11) is 0. The number of carboxylic acid groups (broad SMARTS) is 1. The van der Waals surface area contributed by atoms with Gasteiger partial charge in [-0.25, -0.2) is 4.79 Å². The van der Waals surface area contributed by atoms with Crippen LogP contribution in [0.3, 0.4) is 0 Å². The Hall–Kier alpha value is -0.0897. The molecule has 0 saturated carbocycles. The van der Waals surface area contributed by atoms with Crippen molar-refractivity contribution in [1.29, 1.82) is 0 Å². The minimum absolute atomic E-state index is 0. The van der Waals surface area contributed by atoms with E-state index in [1.165, 1.54) is 27.7 Å². The smallest absolute Gasteiger partial charge is 0.477 e. The van der Waals surface area contributed by atoms with E-state index in [0.717, 1.165) is 19.3 Å². The van der Waals surface area contributed by atoms with E-state index in [9.17, 15) is 4.79 Å². The molecule has 0 aromatic carbocycles. The fraction of sp³-hybridized carbons (Fsp3) is 0.364. The molecule has 1 aromatic heterocycles. The van der Waals surface area contributed by atoms with E-state index in [1.807, 2.05) is 6.07 Å². The van der Waals surface area contributed by atoms with Crippen LogP contribution in [0.15, 0.2) is 6.07 Å². The predicted octanol–water partition coefficient (Wildman–Crippen LogP) is 2.98. The Morgan fingerprint density at radius 2 is 2.27 bits per heavy atom. The third-order valence-electron chi connectivity index (χ3n) is 2.38. The fourth-order valence-corrected chi connectivity index (χ4v) is 2.69. The van der Waals surface area contributed by atoms with Crippen LogP contribution in [0, 0.1) is 13.3 Å². The monoisotopic (exact) mass is 303 g/mol. The van der Waals surface area contributed by atoms with Crippen molar-refractivity contribution in [2.45, 2.75) is 26.2 Å². The van der Waals surface area contributed by atoms with Crippen LogP contribution in [0.4, 0.5) is 0 Å². The largest absolute Gasteiger partial charge is 2.00 e. The molecular formula is C11H14NbO2S. The molecule has 1 heterocycles. The minimum atomic E-state index is -0.794. The van der Waals surface area contributed by atoms with Crippen LogP contribution in [0.2, 0.25) is 0 Å². The van der Waals surface area contributed by atoms with E-state index in [4.69, 9.17) is 5.11 Å². The van der Waals surface area contributed by atoms with Gasteiger partial charge in [0.2, 0.25) is 0 Å². The van der Waals surface area contributed by atoms with E-state index < -0.39 is 5.97 Å². The fourth-order valence-electron chi connectivity index (χ4n) is 1.67. The van der Waals surface area contributed by atoms with Crippen molar-refractivity contribution in [2.24, 2.45) is 0 Å². The van der Waals surface area contributed by atoms with E-state index in [-0.39, 0.29) is 29.8 Å². The average Bonchev–Trinajstić information content (AvgIpc) is 2.46. The van der Waals surface area contributed by atoms with E-state index in [0.29, 0.717) is 4.88 Å². The van der Waals surface area contributed by atoms with Crippen molar-refractivity contribution in [3.05, 3.63) is 34.7 Å². The summed E-state index contributed by atoms with van der Waals surface area (Å²) in [5.74, 6) is 0.666. The average molecular weight is 303 g/mol. The zero-order chi connectivity index (χ0) is 9.42. The van der Waals surface area contributed by atoms with Crippen LogP contribution < -0.4 is 0 Å². The Kier molecular flexibility index (Phi) is 5.81. The molecule has 0 fully saturated rings. The number of rotatable bonds is 1. The molecule has 0 bridgehead atoms. The second kappa shape index (κ2) is 5.85. The molecule has 0 unspecified atom stereocenters. The number of carbonyl (C=O) groups is 1. The molecule has 15 heavy (non-hydrogen) atoms. The molecule has 81 valence electrons. The number of hydrogen-bond acceptors (Lipinski definition) is 2. The second-order valence-corrected chi connectivity index (χ2v) is 4.63. The topological polar surface area (TPSA) is 37.3 Å². The number of aryl methyl sites for hydroxylation is 1. The van der Waals surface area contributed by atoms with Gasteiger partial charge in [-0.3, -0.25) is 0 Å². The van der Waals surface area contributed by atoms with Crippen LogP contribution >= 0.6 is 11.3 Å². The summed E-state index contributed by atoms with van der Waals surface area (Å²) in [6, 6.07) is 1.82. The maximum Gasteiger partial charge on any atom is 2.00 e. The molecule has 1 aliphatic carbocycles. The Bertz CT molecular complexity index is 346. The molecule has 1 aliphatic rings. The first-order valence-electron chi connectivity index (χ1n) is 4.33. The summed E-state index contributed by atoms with van der Waals surface area (Å²) < 4.78 is 0. The Morgan fingerprint density at radius 1 is 1.60 bits per heavy atom. The Labute approximate surface area is 110 Å². The number of aromatic carboxylic acids is 1. The van der Waals surface area contributed by atoms with Crippen molar-refractivity contribution in [3.8, 4) is 0 Å². The van der Waals surface area contributed by atoms with Crippen molar-refractivity contribution in [2.75, 3.05) is 0 Å². The van der Waals surface area contributed by atoms with Gasteiger partial charge in [-0.1, -0.05) is 5.56 Å². The number of thiophene rings is 1. The minimum Gasteiger partial charge on any atom is -0.477 e. The van der Waals surface area contributed by atoms with Gasteiger partial charge in [0.25, 0.3) is 0 Å². The van der Waals surface area contributed by atoms with Crippen molar-refractivity contribution in [1.82, 2.24) is 0 Å². The third kappa shape index (κ3) is 3.18. The van der Waals surface area contributed by atoms with Gasteiger partial charge in [0, 0.05) is 4.88 Å². The predicted molar refractivity (Wildman–Crippen MR) is 58.6 cm³/mol. The van der Waals surface area contributed by atoms with E-state index in [1.54, 1.807) is 0 Å². The van der Waals surface area contributed by atoms with Gasteiger partial charge in [-0.2, -0.15) is 19.8 Å². The summed E-state index contributed by atoms with van der Waals surface area (Å²) in [5.41, 5.74) is 1.23. The van der Waals surface area contributed by atoms with E-state index in [2.05, 4.69) is 6.92 Å². The van der Waals surface area contributed by atoms with Crippen molar-refractivity contribution in [3.63, 3.8) is 0 Å². The van der Waals surface area contributed by atoms with Crippen LogP contribution in [-0.2, 0) is 35.2 Å². The zero-order valence-electron chi connectivity index (χ0n) is 8.91. The SMILES string of the molecule is C[C-]1CCc2sc(C(=O)O)cc2C1.[CH3-].[Nb+2]. The molecular weight excluding hydrogens is 289 g/mol. The molecule has 2 rings (SSSR count). The van der Waals surface area contributed by atoms with Gasteiger partial charge < -0.3 is 18.5 Å². The van der Waals surface area contributed by atoms with Gasteiger partial charge in [-0.05, 0) is 12.5 Å². The quantitative estimate of drug-likeness (QED) is 0.640. The standard InChI is InChI=1S/C10H11O2S.CH3.Nb/c1-6-2-3-8-7(4-6)5-9(13-8)10(11)12;;/h5H,2-4H2,1H3,(H,11,12);1H3;/q2*-1;+2. The molecule has 0 atom stereocenters. The number of carboxylic acids is 1. The molecule has 0 amide bonds. The maximum atomic E-state index is 10.7. The zero-order valence-corrected chi connectivity index (χ0v) is 11.9. The normalized spacial score (nSPS) is 14.7. The number of hydrogen-bond donors (Lipinski definition) is 1. The van der Waals surface area contributed by atoms with Gasteiger partial charge in [0.1, 0.15) is 4.88 Å².